The average Bonchev–Trinajstić information content (AvgIpc) is 2.19. The highest BCUT2D eigenvalue weighted by molar-refractivity contribution is 7.62. The van der Waals surface area contributed by atoms with Crippen LogP contribution in [0.4, 0.5) is 4.20 Å². The molecule has 15 heavy (non-hydrogen) atoms. The largest absolute Gasteiger partial charge is 0.443 e. The molecule has 0 spiro atoms. The van der Waals surface area contributed by atoms with Crippen molar-refractivity contribution in [2.45, 2.75) is 0 Å². The topological polar surface area (TPSA) is 83.8 Å². The summed E-state index contributed by atoms with van der Waals surface area (Å²) in [6.45, 7) is 0. The number of para-hydroxylation sites is 1. The summed E-state index contributed by atoms with van der Waals surface area (Å²) in [4.78, 5) is 0. The Balaban J connectivity index is 2.95. The normalized spacial score (nSPS) is 15.1. The van der Waals surface area contributed by atoms with Crippen LogP contribution in [0.5, 0.6) is 5.75 Å². The van der Waals surface area contributed by atoms with E-state index in [1.54, 1.807) is 30.3 Å². The van der Waals surface area contributed by atoms with Crippen LogP contribution in [0.3, 0.4) is 0 Å². The molecule has 1 atom stereocenters. The lowest BCUT2D eigenvalue weighted by molar-refractivity contribution is 0.553. The predicted octanol–water partition coefficient (Wildman–Crippen LogP) is 4.61. The lowest BCUT2D eigenvalue weighted by Gasteiger charge is -2.09. The molecular weight excluding hydrogens is 256 g/mol. The molecule has 0 saturated heterocycles. The van der Waals surface area contributed by atoms with Gasteiger partial charge in [0.05, 0.1) is 8.52 Å². The van der Waals surface area contributed by atoms with Crippen LogP contribution in [0.1, 0.15) is 0 Å². The molecule has 0 radical (unpaired) electrons. The Bertz CT molecular complexity index is 410. The van der Waals surface area contributed by atoms with Gasteiger partial charge >= 0.3 is 7.74 Å². The van der Waals surface area contributed by atoms with E-state index in [1.165, 1.54) is 0 Å². The fourth-order valence-electron chi connectivity index (χ4n) is 0.789. The van der Waals surface area contributed by atoms with Crippen molar-refractivity contribution in [3.8, 4) is 5.75 Å². The predicted molar refractivity (Wildman–Crippen MR) is 60.7 cm³/mol. The number of halogens is 1. The first-order chi connectivity index (χ1) is 7.20. The van der Waals surface area contributed by atoms with Crippen molar-refractivity contribution in [1.82, 2.24) is 0 Å². The van der Waals surface area contributed by atoms with E-state index in [1.807, 2.05) is 0 Å². The van der Waals surface area contributed by atoms with Gasteiger partial charge in [0.15, 0.2) is 8.52 Å². The van der Waals surface area contributed by atoms with E-state index in [9.17, 15) is 4.20 Å². The minimum Gasteiger partial charge on any atom is -0.419 e. The van der Waals surface area contributed by atoms with Gasteiger partial charge in [-0.1, -0.05) is 18.2 Å². The molecule has 3 N–H and O–H groups in total. The van der Waals surface area contributed by atoms with E-state index in [4.69, 9.17) is 15.2 Å². The zero-order valence-corrected chi connectivity index (χ0v) is 10.2. The van der Waals surface area contributed by atoms with Gasteiger partial charge in [-0.3, -0.25) is 10.7 Å². The van der Waals surface area contributed by atoms with Crippen molar-refractivity contribution >= 4 is 24.8 Å². The summed E-state index contributed by atoms with van der Waals surface area (Å²) in [7, 11) is -3.98. The number of nitrogens with one attached hydrogen (secondary N) is 1. The van der Waals surface area contributed by atoms with E-state index in [-0.39, 0.29) is 17.0 Å². The molecule has 1 aromatic rings. The van der Waals surface area contributed by atoms with Gasteiger partial charge in [-0.2, -0.15) is 0 Å². The molecular formula is C6H8FN4OP3. The van der Waals surface area contributed by atoms with Crippen molar-refractivity contribution in [3.63, 3.8) is 0 Å². The third kappa shape index (κ3) is 4.15. The van der Waals surface area contributed by atoms with Crippen LogP contribution in [0, 0.1) is 5.16 Å². The van der Waals surface area contributed by atoms with Crippen molar-refractivity contribution in [2.24, 2.45) is 14.5 Å². The van der Waals surface area contributed by atoms with Crippen molar-refractivity contribution in [1.29, 1.82) is 5.16 Å². The quantitative estimate of drug-likeness (QED) is 0.778. The third-order valence-electron chi connectivity index (χ3n) is 1.28. The molecule has 0 aliphatic heterocycles. The third-order valence-corrected chi connectivity index (χ3v) is 4.26. The molecule has 0 heterocycles. The van der Waals surface area contributed by atoms with Gasteiger partial charge < -0.3 is 4.52 Å². The van der Waals surface area contributed by atoms with Crippen molar-refractivity contribution < 1.29 is 8.72 Å². The second-order valence-electron chi connectivity index (χ2n) is 2.27. The second kappa shape index (κ2) is 6.04. The van der Waals surface area contributed by atoms with Gasteiger partial charge in [0.25, 0.3) is 0 Å². The molecule has 0 bridgehead atoms. The number of benzene rings is 1. The molecule has 0 saturated carbocycles. The minimum absolute atomic E-state index is 0.0121. The zero-order valence-electron chi connectivity index (χ0n) is 7.49. The van der Waals surface area contributed by atoms with Crippen LogP contribution in [-0.4, -0.2) is 0 Å². The Morgan fingerprint density at radius 3 is 2.60 bits per heavy atom. The molecule has 1 aromatic carbocycles. The number of hydrogen-bond acceptors (Lipinski definition) is 2. The Kier molecular flexibility index (Phi) is 5.00. The lowest BCUT2D eigenvalue weighted by Crippen LogP contribution is -1.83. The SMILES string of the molecule is N=PN=P(F)(N=PN)Oc1ccccc1. The van der Waals surface area contributed by atoms with Crippen molar-refractivity contribution in [2.75, 3.05) is 0 Å². The monoisotopic (exact) mass is 264 g/mol. The summed E-state index contributed by atoms with van der Waals surface area (Å²) in [5.74, 6) is 0.327. The summed E-state index contributed by atoms with van der Waals surface area (Å²) < 4.78 is 25.6. The Hall–Kier alpha value is -0.660. The zero-order chi connectivity index (χ0) is 11.1. The Morgan fingerprint density at radius 1 is 1.40 bits per heavy atom. The average molecular weight is 264 g/mol. The van der Waals surface area contributed by atoms with Gasteiger partial charge in [-0.25, -0.2) is 0 Å². The maximum Gasteiger partial charge on any atom is 0.443 e. The summed E-state index contributed by atoms with van der Waals surface area (Å²) in [5.41, 5.74) is 5.09. The van der Waals surface area contributed by atoms with E-state index in [0.29, 0.717) is 5.75 Å². The first kappa shape index (κ1) is 12.4. The number of nitrogens with zero attached hydrogens (tertiary/aromatic N) is 2. The molecule has 0 amide bonds. The summed E-state index contributed by atoms with van der Waals surface area (Å²) in [6.07, 6.45) is 0. The van der Waals surface area contributed by atoms with Crippen LogP contribution in [0.25, 0.3) is 0 Å². The molecule has 80 valence electrons. The van der Waals surface area contributed by atoms with Crippen LogP contribution < -0.4 is 10.0 Å². The molecule has 0 aliphatic rings. The lowest BCUT2D eigenvalue weighted by atomic mass is 10.3. The first-order valence-electron chi connectivity index (χ1n) is 3.75. The Labute approximate surface area is 89.8 Å². The van der Waals surface area contributed by atoms with Gasteiger partial charge in [0.1, 0.15) is 5.75 Å². The van der Waals surface area contributed by atoms with Gasteiger partial charge in [0.2, 0.25) is 0 Å². The van der Waals surface area contributed by atoms with Gasteiger partial charge in [-0.15, -0.1) is 13.2 Å². The van der Waals surface area contributed by atoms with E-state index >= 15 is 0 Å². The van der Waals surface area contributed by atoms with Crippen molar-refractivity contribution in [3.05, 3.63) is 30.3 Å². The molecule has 5 nitrogen and oxygen atoms in total. The number of nitrogens with two attached hydrogens (primary N) is 1. The standard InChI is InChI=1S/C6H8FN4OP3/c7-15(10-13-8,11-14-9)12-6-4-2-1-3-5-6/h1-5,8H,(H2,9,11). The maximum atomic E-state index is 13.8. The summed E-state index contributed by atoms with van der Waals surface area (Å²) in [5, 5.41) is 6.81. The highest BCUT2D eigenvalue weighted by atomic mass is 31.2. The second-order valence-corrected chi connectivity index (χ2v) is 5.26. The van der Waals surface area contributed by atoms with Crippen LogP contribution >= 0.6 is 24.8 Å². The molecule has 0 aliphatic carbocycles. The molecule has 1 rings (SSSR count). The van der Waals surface area contributed by atoms with E-state index < -0.39 is 7.74 Å². The smallest absolute Gasteiger partial charge is 0.419 e. The number of rotatable bonds is 4. The van der Waals surface area contributed by atoms with Crippen LogP contribution in [0.2, 0.25) is 0 Å². The van der Waals surface area contributed by atoms with E-state index in [2.05, 4.69) is 9.03 Å². The van der Waals surface area contributed by atoms with Gasteiger partial charge in [-0.05, 0) is 12.1 Å². The van der Waals surface area contributed by atoms with Crippen LogP contribution in [-0.2, 0) is 0 Å². The fourth-order valence-corrected chi connectivity index (χ4v) is 2.89. The summed E-state index contributed by atoms with van der Waals surface area (Å²) in [6, 6.07) is 8.38. The molecule has 0 aromatic heterocycles. The number of hydrogen-bond donors (Lipinski definition) is 2. The van der Waals surface area contributed by atoms with E-state index in [0.717, 1.165) is 0 Å². The highest BCUT2D eigenvalue weighted by Crippen LogP contribution is 2.57. The minimum atomic E-state index is -3.78. The van der Waals surface area contributed by atoms with Gasteiger partial charge in [0, 0.05) is 0 Å². The first-order valence-corrected chi connectivity index (χ1v) is 7.02. The fraction of sp³-hybridized carbons (Fsp3) is 0. The molecule has 9 heteroatoms. The Morgan fingerprint density at radius 2 is 2.07 bits per heavy atom. The summed E-state index contributed by atoms with van der Waals surface area (Å²) >= 11 is 0. The molecule has 1 unspecified atom stereocenters. The molecule has 0 fully saturated rings. The van der Waals surface area contributed by atoms with Crippen LogP contribution in [0.15, 0.2) is 39.4 Å². The maximum absolute atomic E-state index is 13.8. The highest BCUT2D eigenvalue weighted by Gasteiger charge is 2.19.